The molecule has 0 saturated heterocycles. The lowest BCUT2D eigenvalue weighted by Gasteiger charge is -2.08. The smallest absolute Gasteiger partial charge is 0.232 e. The minimum absolute atomic E-state index is 0.00722. The topological polar surface area (TPSA) is 104 Å². The van der Waals surface area contributed by atoms with Gasteiger partial charge in [0.1, 0.15) is 5.82 Å². The van der Waals surface area contributed by atoms with Gasteiger partial charge >= 0.3 is 0 Å². The first kappa shape index (κ1) is 17.9. The number of hydrogen-bond acceptors (Lipinski definition) is 4. The fraction of sp³-hybridized carbons (Fsp3) is 0.222. The van der Waals surface area contributed by atoms with Crippen molar-refractivity contribution in [3.05, 3.63) is 54.4 Å². The van der Waals surface area contributed by atoms with Gasteiger partial charge in [-0.2, -0.15) is 0 Å². The average Bonchev–Trinajstić information content (AvgIpc) is 3.04. The maximum atomic E-state index is 12.1. The van der Waals surface area contributed by atoms with Gasteiger partial charge in [-0.15, -0.1) is 0 Å². The van der Waals surface area contributed by atoms with E-state index in [9.17, 15) is 13.2 Å². The van der Waals surface area contributed by atoms with Crippen LogP contribution in [0.3, 0.4) is 0 Å². The van der Waals surface area contributed by atoms with Gasteiger partial charge in [-0.05, 0) is 43.3 Å². The standard InChI is InChI=1S/C18H20N4O3S/c1-2-26(24,25)22-14-9-7-13(8-10-14)19-18(23)12-11-17-20-15-5-3-4-6-16(15)21-17/h3-10,22H,2,11-12H2,1H3,(H,19,23)(H,20,21). The van der Waals surface area contributed by atoms with Crippen molar-refractivity contribution in [1.29, 1.82) is 0 Å². The molecule has 3 aromatic rings. The maximum Gasteiger partial charge on any atom is 0.232 e. The molecule has 3 rings (SSSR count). The molecule has 0 fully saturated rings. The molecule has 0 atom stereocenters. The van der Waals surface area contributed by atoms with Gasteiger partial charge in [0, 0.05) is 24.2 Å². The van der Waals surface area contributed by atoms with Gasteiger partial charge in [0.25, 0.3) is 0 Å². The number of aromatic amines is 1. The van der Waals surface area contributed by atoms with Gasteiger partial charge in [-0.3, -0.25) is 9.52 Å². The minimum Gasteiger partial charge on any atom is -0.342 e. The second-order valence-electron chi connectivity index (χ2n) is 5.83. The monoisotopic (exact) mass is 372 g/mol. The lowest BCUT2D eigenvalue weighted by Crippen LogP contribution is -2.15. The Labute approximate surface area is 151 Å². The highest BCUT2D eigenvalue weighted by molar-refractivity contribution is 7.92. The fourth-order valence-electron chi connectivity index (χ4n) is 2.45. The van der Waals surface area contributed by atoms with Crippen LogP contribution in [-0.2, 0) is 21.2 Å². The third kappa shape index (κ3) is 4.60. The summed E-state index contributed by atoms with van der Waals surface area (Å²) in [6, 6.07) is 14.3. The molecule has 26 heavy (non-hydrogen) atoms. The number of carbonyl (C=O) groups is 1. The number of para-hydroxylation sites is 2. The summed E-state index contributed by atoms with van der Waals surface area (Å²) in [6.45, 7) is 1.57. The second kappa shape index (κ2) is 7.57. The van der Waals surface area contributed by atoms with E-state index < -0.39 is 10.0 Å². The van der Waals surface area contributed by atoms with Crippen LogP contribution in [-0.4, -0.2) is 30.0 Å². The van der Waals surface area contributed by atoms with Crippen LogP contribution in [0.25, 0.3) is 11.0 Å². The Hall–Kier alpha value is -2.87. The molecule has 7 nitrogen and oxygen atoms in total. The first-order valence-electron chi connectivity index (χ1n) is 8.29. The van der Waals surface area contributed by atoms with Gasteiger partial charge in [0.2, 0.25) is 15.9 Å². The van der Waals surface area contributed by atoms with E-state index in [0.29, 0.717) is 24.2 Å². The number of fused-ring (bicyclic) bond motifs is 1. The third-order valence-electron chi connectivity index (χ3n) is 3.85. The van der Waals surface area contributed by atoms with Crippen LogP contribution in [0.1, 0.15) is 19.2 Å². The molecule has 2 aromatic carbocycles. The number of rotatable bonds is 7. The molecule has 1 amide bonds. The van der Waals surface area contributed by atoms with Gasteiger partial charge in [0.15, 0.2) is 0 Å². The van der Waals surface area contributed by atoms with Crippen molar-refractivity contribution in [1.82, 2.24) is 9.97 Å². The van der Waals surface area contributed by atoms with Gasteiger partial charge in [-0.25, -0.2) is 13.4 Å². The molecule has 0 unspecified atom stereocenters. The molecular formula is C18H20N4O3S. The summed E-state index contributed by atoms with van der Waals surface area (Å²) in [6.07, 6.45) is 0.804. The summed E-state index contributed by atoms with van der Waals surface area (Å²) in [5.74, 6) is 0.644. The molecule has 0 aliphatic heterocycles. The number of H-pyrrole nitrogens is 1. The summed E-state index contributed by atoms with van der Waals surface area (Å²) in [5.41, 5.74) is 2.91. The molecule has 0 aliphatic carbocycles. The van der Waals surface area contributed by atoms with Crippen molar-refractivity contribution >= 4 is 38.3 Å². The largest absolute Gasteiger partial charge is 0.342 e. The molecule has 8 heteroatoms. The molecule has 3 N–H and O–H groups in total. The predicted octanol–water partition coefficient (Wildman–Crippen LogP) is 2.90. The Morgan fingerprint density at radius 3 is 2.46 bits per heavy atom. The zero-order chi connectivity index (χ0) is 18.6. The van der Waals surface area contributed by atoms with E-state index in [0.717, 1.165) is 16.9 Å². The number of aryl methyl sites for hydroxylation is 1. The van der Waals surface area contributed by atoms with E-state index in [1.807, 2.05) is 24.3 Å². The van der Waals surface area contributed by atoms with Crippen LogP contribution >= 0.6 is 0 Å². The first-order valence-corrected chi connectivity index (χ1v) is 9.94. The van der Waals surface area contributed by atoms with Crippen molar-refractivity contribution < 1.29 is 13.2 Å². The summed E-state index contributed by atoms with van der Waals surface area (Å²) >= 11 is 0. The number of hydrogen-bond donors (Lipinski definition) is 3. The van der Waals surface area contributed by atoms with E-state index in [4.69, 9.17) is 0 Å². The number of carbonyl (C=O) groups excluding carboxylic acids is 1. The van der Waals surface area contributed by atoms with Crippen LogP contribution in [0.15, 0.2) is 48.5 Å². The van der Waals surface area contributed by atoms with Crippen LogP contribution in [0, 0.1) is 0 Å². The van der Waals surface area contributed by atoms with E-state index in [-0.39, 0.29) is 11.7 Å². The summed E-state index contributed by atoms with van der Waals surface area (Å²) in [7, 11) is -3.31. The predicted molar refractivity (Wildman–Crippen MR) is 103 cm³/mol. The summed E-state index contributed by atoms with van der Waals surface area (Å²) < 4.78 is 25.5. The highest BCUT2D eigenvalue weighted by Crippen LogP contribution is 2.16. The third-order valence-corrected chi connectivity index (χ3v) is 5.16. The van der Waals surface area contributed by atoms with Gasteiger partial charge in [0.05, 0.1) is 16.8 Å². The summed E-state index contributed by atoms with van der Waals surface area (Å²) in [5, 5.41) is 2.79. The molecule has 1 heterocycles. The number of anilines is 2. The summed E-state index contributed by atoms with van der Waals surface area (Å²) in [4.78, 5) is 19.7. The first-order chi connectivity index (χ1) is 12.4. The number of amides is 1. The van der Waals surface area contributed by atoms with Crippen LogP contribution in [0.2, 0.25) is 0 Å². The van der Waals surface area contributed by atoms with Crippen LogP contribution < -0.4 is 10.0 Å². The average molecular weight is 372 g/mol. The molecule has 136 valence electrons. The minimum atomic E-state index is -3.31. The highest BCUT2D eigenvalue weighted by Gasteiger charge is 2.08. The highest BCUT2D eigenvalue weighted by atomic mass is 32.2. The van der Waals surface area contributed by atoms with E-state index in [1.165, 1.54) is 0 Å². The SMILES string of the molecule is CCS(=O)(=O)Nc1ccc(NC(=O)CCc2nc3ccccc3[nH]2)cc1. The van der Waals surface area contributed by atoms with Crippen molar-refractivity contribution in [2.75, 3.05) is 15.8 Å². The van der Waals surface area contributed by atoms with E-state index >= 15 is 0 Å². The molecular weight excluding hydrogens is 352 g/mol. The van der Waals surface area contributed by atoms with Crippen molar-refractivity contribution in [3.8, 4) is 0 Å². The fourth-order valence-corrected chi connectivity index (χ4v) is 3.09. The second-order valence-corrected chi connectivity index (χ2v) is 7.84. The normalized spacial score (nSPS) is 11.4. The number of nitrogens with zero attached hydrogens (tertiary/aromatic N) is 1. The number of aromatic nitrogens is 2. The zero-order valence-electron chi connectivity index (χ0n) is 14.3. The van der Waals surface area contributed by atoms with Crippen molar-refractivity contribution in [2.24, 2.45) is 0 Å². The van der Waals surface area contributed by atoms with Crippen LogP contribution in [0.5, 0.6) is 0 Å². The lowest BCUT2D eigenvalue weighted by molar-refractivity contribution is -0.116. The zero-order valence-corrected chi connectivity index (χ0v) is 15.1. The lowest BCUT2D eigenvalue weighted by atomic mass is 10.2. The number of sulfonamides is 1. The van der Waals surface area contributed by atoms with Gasteiger partial charge < -0.3 is 10.3 Å². The Balaban J connectivity index is 1.54. The van der Waals surface area contributed by atoms with Crippen molar-refractivity contribution in [3.63, 3.8) is 0 Å². The molecule has 0 aliphatic rings. The Morgan fingerprint density at radius 1 is 1.08 bits per heavy atom. The molecule has 0 bridgehead atoms. The Bertz CT molecular complexity index is 977. The number of benzene rings is 2. The molecule has 0 saturated carbocycles. The van der Waals surface area contributed by atoms with Gasteiger partial charge in [-0.1, -0.05) is 12.1 Å². The Kier molecular flexibility index (Phi) is 5.22. The number of imidazole rings is 1. The van der Waals surface area contributed by atoms with Crippen LogP contribution in [0.4, 0.5) is 11.4 Å². The van der Waals surface area contributed by atoms with Crippen molar-refractivity contribution in [2.45, 2.75) is 19.8 Å². The maximum absolute atomic E-state index is 12.1. The molecule has 1 aromatic heterocycles. The van der Waals surface area contributed by atoms with E-state index in [2.05, 4.69) is 20.0 Å². The quantitative estimate of drug-likeness (QED) is 0.593. The number of nitrogens with one attached hydrogen (secondary N) is 3. The molecule has 0 radical (unpaired) electrons. The molecule has 0 spiro atoms. The Morgan fingerprint density at radius 2 is 1.77 bits per heavy atom. The van der Waals surface area contributed by atoms with E-state index in [1.54, 1.807) is 31.2 Å².